The van der Waals surface area contributed by atoms with Gasteiger partial charge in [-0.1, -0.05) is 0 Å². The number of aliphatic hydroxyl groups is 2. The van der Waals surface area contributed by atoms with E-state index >= 15 is 0 Å². The average molecular weight is 212 g/mol. The minimum Gasteiger partial charge on any atom is -0.394 e. The van der Waals surface area contributed by atoms with Crippen LogP contribution in [-0.2, 0) is 7.05 Å². The summed E-state index contributed by atoms with van der Waals surface area (Å²) in [6.45, 7) is 1.35. The molecule has 0 bridgehead atoms. The number of hydrogen-bond acceptors (Lipinski definition) is 3. The fourth-order valence-corrected chi connectivity index (χ4v) is 1.25. The van der Waals surface area contributed by atoms with Gasteiger partial charge < -0.3 is 20.1 Å². The highest BCUT2D eigenvalue weighted by atomic mass is 16.3. The molecule has 84 valence electrons. The van der Waals surface area contributed by atoms with E-state index in [1.807, 2.05) is 13.0 Å². The van der Waals surface area contributed by atoms with Crippen molar-refractivity contribution in [3.8, 4) is 0 Å². The van der Waals surface area contributed by atoms with Gasteiger partial charge in [0.1, 0.15) is 5.69 Å². The third-order valence-electron chi connectivity index (χ3n) is 2.38. The summed E-state index contributed by atoms with van der Waals surface area (Å²) in [7, 11) is 1.79. The summed E-state index contributed by atoms with van der Waals surface area (Å²) in [5.74, 6) is -0.293. The number of hydrogen-bond donors (Lipinski definition) is 3. The van der Waals surface area contributed by atoms with E-state index in [1.54, 1.807) is 17.7 Å². The lowest BCUT2D eigenvalue weighted by Crippen LogP contribution is -2.40. The van der Waals surface area contributed by atoms with Gasteiger partial charge in [0.25, 0.3) is 5.91 Å². The number of rotatable bonds is 4. The fourth-order valence-electron chi connectivity index (χ4n) is 1.25. The molecule has 1 amide bonds. The van der Waals surface area contributed by atoms with E-state index in [-0.39, 0.29) is 19.1 Å². The second kappa shape index (κ2) is 4.95. The van der Waals surface area contributed by atoms with E-state index in [2.05, 4.69) is 5.32 Å². The molecule has 0 aliphatic heterocycles. The summed E-state index contributed by atoms with van der Waals surface area (Å²) in [5, 5.41) is 20.2. The molecule has 0 spiro atoms. The predicted molar refractivity (Wildman–Crippen MR) is 55.6 cm³/mol. The zero-order chi connectivity index (χ0) is 11.4. The van der Waals surface area contributed by atoms with Crippen molar-refractivity contribution in [1.82, 2.24) is 9.88 Å². The molecule has 0 saturated carbocycles. The maximum atomic E-state index is 11.7. The first kappa shape index (κ1) is 11.7. The zero-order valence-electron chi connectivity index (χ0n) is 8.90. The van der Waals surface area contributed by atoms with Crippen molar-refractivity contribution in [3.63, 3.8) is 0 Å². The highest BCUT2D eigenvalue weighted by Gasteiger charge is 2.14. The molecule has 0 unspecified atom stereocenters. The van der Waals surface area contributed by atoms with Gasteiger partial charge in [-0.05, 0) is 19.1 Å². The van der Waals surface area contributed by atoms with Crippen molar-refractivity contribution in [2.24, 2.45) is 7.05 Å². The Kier molecular flexibility index (Phi) is 3.88. The number of nitrogens with zero attached hydrogens (tertiary/aromatic N) is 1. The molecule has 0 aromatic carbocycles. The van der Waals surface area contributed by atoms with Crippen molar-refractivity contribution >= 4 is 5.91 Å². The highest BCUT2D eigenvalue weighted by Crippen LogP contribution is 2.05. The van der Waals surface area contributed by atoms with Crippen LogP contribution in [0.15, 0.2) is 12.1 Å². The lowest BCUT2D eigenvalue weighted by molar-refractivity contribution is 0.0871. The fraction of sp³-hybridized carbons (Fsp3) is 0.500. The summed E-state index contributed by atoms with van der Waals surface area (Å²) in [4.78, 5) is 11.7. The van der Waals surface area contributed by atoms with Crippen LogP contribution in [0.4, 0.5) is 0 Å². The number of amides is 1. The maximum Gasteiger partial charge on any atom is 0.268 e. The number of carbonyl (C=O) groups is 1. The third-order valence-corrected chi connectivity index (χ3v) is 2.38. The summed E-state index contributed by atoms with van der Waals surface area (Å²) in [6.07, 6.45) is 0. The van der Waals surface area contributed by atoms with Gasteiger partial charge in [-0.2, -0.15) is 0 Å². The molecule has 0 aliphatic carbocycles. The Bertz CT molecular complexity index is 342. The van der Waals surface area contributed by atoms with Gasteiger partial charge in [-0.15, -0.1) is 0 Å². The Balaban J connectivity index is 2.73. The van der Waals surface area contributed by atoms with Crippen LogP contribution in [0.2, 0.25) is 0 Å². The van der Waals surface area contributed by atoms with Gasteiger partial charge >= 0.3 is 0 Å². The standard InChI is InChI=1S/C10H16N2O3/c1-7-3-4-9(12(7)2)10(15)11-8(5-13)6-14/h3-4,8,13-14H,5-6H2,1-2H3,(H,11,15). The van der Waals surface area contributed by atoms with Crippen LogP contribution in [0, 0.1) is 6.92 Å². The molecular formula is C10H16N2O3. The first-order chi connectivity index (χ1) is 7.10. The number of aromatic nitrogens is 1. The van der Waals surface area contributed by atoms with Crippen molar-refractivity contribution < 1.29 is 15.0 Å². The molecule has 1 heterocycles. The van der Waals surface area contributed by atoms with Gasteiger partial charge in [0.15, 0.2) is 0 Å². The molecular weight excluding hydrogens is 196 g/mol. The smallest absolute Gasteiger partial charge is 0.268 e. The predicted octanol–water partition coefficient (Wildman–Crippen LogP) is -0.583. The number of carbonyl (C=O) groups excluding carboxylic acids is 1. The molecule has 1 aromatic rings. The molecule has 1 aromatic heterocycles. The van der Waals surface area contributed by atoms with Crippen LogP contribution >= 0.6 is 0 Å². The molecule has 15 heavy (non-hydrogen) atoms. The monoisotopic (exact) mass is 212 g/mol. The highest BCUT2D eigenvalue weighted by molar-refractivity contribution is 5.93. The molecule has 5 nitrogen and oxygen atoms in total. The van der Waals surface area contributed by atoms with Gasteiger partial charge in [0, 0.05) is 12.7 Å². The summed E-state index contributed by atoms with van der Waals surface area (Å²) in [5.41, 5.74) is 1.49. The van der Waals surface area contributed by atoms with E-state index in [0.717, 1.165) is 5.69 Å². The number of aryl methyl sites for hydroxylation is 1. The molecule has 0 radical (unpaired) electrons. The van der Waals surface area contributed by atoms with Crippen LogP contribution in [0.1, 0.15) is 16.2 Å². The lowest BCUT2D eigenvalue weighted by Gasteiger charge is -2.13. The topological polar surface area (TPSA) is 74.5 Å². The summed E-state index contributed by atoms with van der Waals surface area (Å²) >= 11 is 0. The molecule has 5 heteroatoms. The van der Waals surface area contributed by atoms with Crippen LogP contribution in [0.5, 0.6) is 0 Å². The van der Waals surface area contributed by atoms with Crippen LogP contribution in [-0.4, -0.2) is 39.9 Å². The van der Waals surface area contributed by atoms with Gasteiger partial charge in [0.05, 0.1) is 19.3 Å². The Morgan fingerprint density at radius 1 is 1.47 bits per heavy atom. The van der Waals surface area contributed by atoms with Crippen LogP contribution in [0.3, 0.4) is 0 Å². The van der Waals surface area contributed by atoms with Gasteiger partial charge in [-0.25, -0.2) is 0 Å². The Morgan fingerprint density at radius 3 is 2.47 bits per heavy atom. The quantitative estimate of drug-likeness (QED) is 0.625. The normalized spacial score (nSPS) is 10.7. The van der Waals surface area contributed by atoms with E-state index in [4.69, 9.17) is 10.2 Å². The Labute approximate surface area is 88.3 Å². The largest absolute Gasteiger partial charge is 0.394 e. The molecule has 0 saturated heterocycles. The molecule has 0 atom stereocenters. The first-order valence-electron chi connectivity index (χ1n) is 4.75. The lowest BCUT2D eigenvalue weighted by atomic mass is 10.3. The first-order valence-corrected chi connectivity index (χ1v) is 4.75. The van der Waals surface area contributed by atoms with Crippen molar-refractivity contribution in [2.75, 3.05) is 13.2 Å². The molecule has 3 N–H and O–H groups in total. The van der Waals surface area contributed by atoms with Gasteiger partial charge in [0.2, 0.25) is 0 Å². The van der Waals surface area contributed by atoms with Crippen molar-refractivity contribution in [1.29, 1.82) is 0 Å². The van der Waals surface area contributed by atoms with E-state index in [9.17, 15) is 4.79 Å². The van der Waals surface area contributed by atoms with E-state index < -0.39 is 6.04 Å². The second-order valence-corrected chi connectivity index (χ2v) is 3.45. The van der Waals surface area contributed by atoms with Gasteiger partial charge in [-0.3, -0.25) is 4.79 Å². The second-order valence-electron chi connectivity index (χ2n) is 3.45. The summed E-state index contributed by atoms with van der Waals surface area (Å²) in [6, 6.07) is 2.94. The van der Waals surface area contributed by atoms with E-state index in [0.29, 0.717) is 5.69 Å². The third kappa shape index (κ3) is 2.57. The summed E-state index contributed by atoms with van der Waals surface area (Å²) < 4.78 is 1.75. The minimum atomic E-state index is -0.604. The molecule has 0 fully saturated rings. The molecule has 1 rings (SSSR count). The Morgan fingerprint density at radius 2 is 2.07 bits per heavy atom. The molecule has 0 aliphatic rings. The van der Waals surface area contributed by atoms with Crippen LogP contribution < -0.4 is 5.32 Å². The van der Waals surface area contributed by atoms with Crippen LogP contribution in [0.25, 0.3) is 0 Å². The van der Waals surface area contributed by atoms with Crippen molar-refractivity contribution in [3.05, 3.63) is 23.5 Å². The zero-order valence-corrected chi connectivity index (χ0v) is 8.90. The number of nitrogens with one attached hydrogen (secondary N) is 1. The SMILES string of the molecule is Cc1ccc(C(=O)NC(CO)CO)n1C. The average Bonchev–Trinajstić information content (AvgIpc) is 2.56. The van der Waals surface area contributed by atoms with Crippen molar-refractivity contribution in [2.45, 2.75) is 13.0 Å². The maximum absolute atomic E-state index is 11.7. The van der Waals surface area contributed by atoms with E-state index in [1.165, 1.54) is 0 Å². The Hall–Kier alpha value is -1.33. The number of aliphatic hydroxyl groups excluding tert-OH is 2. The minimum absolute atomic E-state index is 0.272.